The molecule has 0 saturated carbocycles. The van der Waals surface area contributed by atoms with Crippen molar-refractivity contribution in [3.8, 4) is 5.75 Å². The predicted octanol–water partition coefficient (Wildman–Crippen LogP) is 2.84. The summed E-state index contributed by atoms with van der Waals surface area (Å²) in [5.74, 6) is -0.451. The van der Waals surface area contributed by atoms with Crippen LogP contribution < -0.4 is 4.74 Å². The third-order valence-corrected chi connectivity index (χ3v) is 1.88. The van der Waals surface area contributed by atoms with E-state index < -0.39 is 11.3 Å². The predicted molar refractivity (Wildman–Crippen MR) is 47.3 cm³/mol. The average Bonchev–Trinajstić information content (AvgIpc) is 2.16. The van der Waals surface area contributed by atoms with Crippen LogP contribution in [0.1, 0.15) is 11.1 Å². The zero-order valence-electron chi connectivity index (χ0n) is 6.83. The van der Waals surface area contributed by atoms with Crippen LogP contribution in [0.25, 0.3) is 0 Å². The number of halogens is 2. The summed E-state index contributed by atoms with van der Waals surface area (Å²) in [6.07, 6.45) is 0. The van der Waals surface area contributed by atoms with E-state index in [1.54, 1.807) is 0 Å². The molecule has 0 aliphatic carbocycles. The first kappa shape index (κ1) is 9.92. The SMILES string of the molecule is COc1ccc(C(Cl)N=O)cc1F. The molecule has 1 rings (SSSR count). The lowest BCUT2D eigenvalue weighted by Crippen LogP contribution is -1.91. The number of alkyl halides is 1. The molecule has 0 aromatic heterocycles. The van der Waals surface area contributed by atoms with E-state index in [9.17, 15) is 9.30 Å². The molecule has 0 fully saturated rings. The molecule has 0 aliphatic heterocycles. The summed E-state index contributed by atoms with van der Waals surface area (Å²) in [4.78, 5) is 10.0. The molecule has 0 spiro atoms. The Labute approximate surface area is 79.4 Å². The van der Waals surface area contributed by atoms with Crippen LogP contribution in [-0.2, 0) is 0 Å². The Balaban J connectivity index is 3.02. The van der Waals surface area contributed by atoms with Crippen molar-refractivity contribution in [2.75, 3.05) is 7.11 Å². The monoisotopic (exact) mass is 203 g/mol. The molecule has 1 aromatic carbocycles. The summed E-state index contributed by atoms with van der Waals surface area (Å²) in [6, 6.07) is 4.00. The Bertz CT molecular complexity index is 319. The molecule has 1 aromatic rings. The second-order valence-electron chi connectivity index (χ2n) is 2.34. The smallest absolute Gasteiger partial charge is 0.190 e. The summed E-state index contributed by atoms with van der Waals surface area (Å²) in [7, 11) is 1.36. The number of methoxy groups -OCH3 is 1. The first-order valence-electron chi connectivity index (χ1n) is 3.49. The maximum absolute atomic E-state index is 13.0. The molecule has 0 amide bonds. The Morgan fingerprint density at radius 1 is 1.62 bits per heavy atom. The van der Waals surface area contributed by atoms with E-state index in [4.69, 9.17) is 11.6 Å². The first-order valence-corrected chi connectivity index (χ1v) is 3.92. The highest BCUT2D eigenvalue weighted by molar-refractivity contribution is 6.20. The van der Waals surface area contributed by atoms with Gasteiger partial charge in [-0.1, -0.05) is 17.7 Å². The molecule has 0 heterocycles. The summed E-state index contributed by atoms with van der Waals surface area (Å²) in [5, 5.41) is 2.56. The van der Waals surface area contributed by atoms with Gasteiger partial charge in [0, 0.05) is 0 Å². The van der Waals surface area contributed by atoms with Crippen LogP contribution in [0.4, 0.5) is 4.39 Å². The summed E-state index contributed by atoms with van der Waals surface area (Å²) >= 11 is 5.47. The fraction of sp³-hybridized carbons (Fsp3) is 0.250. The molecular formula is C8H7ClFNO2. The van der Waals surface area contributed by atoms with Crippen molar-refractivity contribution >= 4 is 11.6 Å². The first-order chi connectivity index (χ1) is 6.19. The number of nitroso groups, excluding NO2 is 1. The van der Waals surface area contributed by atoms with E-state index in [0.29, 0.717) is 5.56 Å². The lowest BCUT2D eigenvalue weighted by molar-refractivity contribution is 0.386. The molecule has 13 heavy (non-hydrogen) atoms. The normalized spacial score (nSPS) is 12.2. The Hall–Kier alpha value is -1.16. The van der Waals surface area contributed by atoms with Gasteiger partial charge in [0.15, 0.2) is 17.1 Å². The van der Waals surface area contributed by atoms with Gasteiger partial charge in [-0.15, -0.1) is 4.91 Å². The standard InChI is InChI=1S/C8H7ClFNO2/c1-13-7-3-2-5(4-6(7)10)8(9)11-12/h2-4,8H,1H3. The second-order valence-corrected chi connectivity index (χ2v) is 2.75. The van der Waals surface area contributed by atoms with Gasteiger partial charge in [0.25, 0.3) is 0 Å². The highest BCUT2D eigenvalue weighted by Crippen LogP contribution is 2.26. The van der Waals surface area contributed by atoms with E-state index in [2.05, 4.69) is 9.91 Å². The van der Waals surface area contributed by atoms with Gasteiger partial charge >= 0.3 is 0 Å². The minimum Gasteiger partial charge on any atom is -0.494 e. The van der Waals surface area contributed by atoms with Crippen molar-refractivity contribution in [2.24, 2.45) is 5.18 Å². The van der Waals surface area contributed by atoms with E-state index in [1.807, 2.05) is 0 Å². The maximum Gasteiger partial charge on any atom is 0.190 e. The number of ether oxygens (including phenoxy) is 1. The van der Waals surface area contributed by atoms with Crippen LogP contribution in [-0.4, -0.2) is 7.11 Å². The summed E-state index contributed by atoms with van der Waals surface area (Å²) in [5.41, 5.74) is -0.740. The third-order valence-electron chi connectivity index (χ3n) is 1.54. The van der Waals surface area contributed by atoms with Crippen molar-refractivity contribution in [3.05, 3.63) is 34.5 Å². The van der Waals surface area contributed by atoms with E-state index >= 15 is 0 Å². The van der Waals surface area contributed by atoms with E-state index in [0.717, 1.165) is 6.07 Å². The van der Waals surface area contributed by atoms with Gasteiger partial charge in [-0.25, -0.2) is 4.39 Å². The number of benzene rings is 1. The fourth-order valence-corrected chi connectivity index (χ4v) is 1.03. The van der Waals surface area contributed by atoms with Crippen molar-refractivity contribution < 1.29 is 9.13 Å². The number of rotatable bonds is 3. The van der Waals surface area contributed by atoms with Crippen molar-refractivity contribution in [2.45, 2.75) is 5.50 Å². The number of hydrogen-bond acceptors (Lipinski definition) is 3. The molecule has 1 atom stereocenters. The van der Waals surface area contributed by atoms with Crippen LogP contribution in [0.2, 0.25) is 0 Å². The van der Waals surface area contributed by atoms with Crippen LogP contribution in [0.5, 0.6) is 5.75 Å². The van der Waals surface area contributed by atoms with Crippen molar-refractivity contribution in [1.29, 1.82) is 0 Å². The molecule has 3 nitrogen and oxygen atoms in total. The maximum atomic E-state index is 13.0. The van der Waals surface area contributed by atoms with Gasteiger partial charge in [-0.3, -0.25) is 0 Å². The Kier molecular flexibility index (Phi) is 3.19. The minimum absolute atomic E-state index is 0.110. The topological polar surface area (TPSA) is 38.7 Å². The zero-order chi connectivity index (χ0) is 9.84. The van der Waals surface area contributed by atoms with Gasteiger partial charge in [0.1, 0.15) is 0 Å². The second kappa shape index (κ2) is 4.18. The lowest BCUT2D eigenvalue weighted by Gasteiger charge is -2.04. The molecule has 70 valence electrons. The molecule has 0 N–H and O–H groups in total. The summed E-state index contributed by atoms with van der Waals surface area (Å²) < 4.78 is 17.7. The van der Waals surface area contributed by atoms with Crippen LogP contribution in [0, 0.1) is 10.7 Å². The highest BCUT2D eigenvalue weighted by atomic mass is 35.5. The molecular weight excluding hydrogens is 197 g/mol. The molecule has 0 aliphatic rings. The largest absolute Gasteiger partial charge is 0.494 e. The van der Waals surface area contributed by atoms with Gasteiger partial charge in [0.05, 0.1) is 7.11 Å². The Morgan fingerprint density at radius 3 is 2.77 bits per heavy atom. The van der Waals surface area contributed by atoms with Crippen LogP contribution in [0.3, 0.4) is 0 Å². The van der Waals surface area contributed by atoms with Crippen LogP contribution in [0.15, 0.2) is 23.4 Å². The van der Waals surface area contributed by atoms with Gasteiger partial charge in [0.2, 0.25) is 0 Å². The van der Waals surface area contributed by atoms with Crippen molar-refractivity contribution in [3.63, 3.8) is 0 Å². The van der Waals surface area contributed by atoms with E-state index in [-0.39, 0.29) is 5.75 Å². The quantitative estimate of drug-likeness (QED) is 0.431. The van der Waals surface area contributed by atoms with Gasteiger partial charge in [-0.05, 0) is 22.9 Å². The van der Waals surface area contributed by atoms with Crippen LogP contribution >= 0.6 is 11.6 Å². The average molecular weight is 204 g/mol. The summed E-state index contributed by atoms with van der Waals surface area (Å²) in [6.45, 7) is 0. The molecule has 0 radical (unpaired) electrons. The Morgan fingerprint density at radius 2 is 2.31 bits per heavy atom. The molecule has 1 unspecified atom stereocenters. The fourth-order valence-electron chi connectivity index (χ4n) is 0.892. The minimum atomic E-state index is -1.06. The van der Waals surface area contributed by atoms with Gasteiger partial charge in [-0.2, -0.15) is 0 Å². The highest BCUT2D eigenvalue weighted by Gasteiger charge is 2.10. The third kappa shape index (κ3) is 2.15. The molecule has 5 heteroatoms. The zero-order valence-corrected chi connectivity index (χ0v) is 7.58. The lowest BCUT2D eigenvalue weighted by atomic mass is 10.2. The molecule has 0 saturated heterocycles. The molecule has 0 bridgehead atoms. The number of nitrogens with zero attached hydrogens (tertiary/aromatic N) is 1. The van der Waals surface area contributed by atoms with Gasteiger partial charge < -0.3 is 4.74 Å². The van der Waals surface area contributed by atoms with E-state index in [1.165, 1.54) is 19.2 Å². The number of hydrogen-bond donors (Lipinski definition) is 0. The van der Waals surface area contributed by atoms with Crippen molar-refractivity contribution in [1.82, 2.24) is 0 Å².